The van der Waals surface area contributed by atoms with Crippen LogP contribution in [0.3, 0.4) is 0 Å². The van der Waals surface area contributed by atoms with Crippen LogP contribution in [-0.2, 0) is 11.3 Å². The van der Waals surface area contributed by atoms with E-state index in [0.29, 0.717) is 24.7 Å². The Morgan fingerprint density at radius 3 is 2.78 bits per heavy atom. The SMILES string of the molecule is CCCn1c(N)nc2c(c1=O)N(C)CN2COC(O)CCO.I. The van der Waals surface area contributed by atoms with Crippen molar-refractivity contribution in [3.8, 4) is 0 Å². The molecule has 1 unspecified atom stereocenters. The molecule has 4 N–H and O–H groups in total. The predicted molar refractivity (Wildman–Crippen MR) is 98.0 cm³/mol. The molecule has 1 aromatic heterocycles. The number of ether oxygens (including phenoxy) is 1. The van der Waals surface area contributed by atoms with Crippen LogP contribution in [0.25, 0.3) is 0 Å². The first-order valence-electron chi connectivity index (χ1n) is 7.26. The lowest BCUT2D eigenvalue weighted by molar-refractivity contribution is -0.108. The maximum Gasteiger partial charge on any atom is 0.280 e. The Morgan fingerprint density at radius 2 is 2.17 bits per heavy atom. The van der Waals surface area contributed by atoms with Gasteiger partial charge in [0.05, 0.1) is 6.67 Å². The number of aliphatic hydroxyl groups is 2. The number of hydrogen-bond acceptors (Lipinski definition) is 8. The van der Waals surface area contributed by atoms with Crippen LogP contribution in [0.5, 0.6) is 0 Å². The van der Waals surface area contributed by atoms with Crippen molar-refractivity contribution < 1.29 is 14.9 Å². The fourth-order valence-corrected chi connectivity index (χ4v) is 2.41. The average molecular weight is 441 g/mol. The summed E-state index contributed by atoms with van der Waals surface area (Å²) in [5.74, 6) is 0.621. The quantitative estimate of drug-likeness (QED) is 0.392. The molecule has 0 aromatic carbocycles. The maximum absolute atomic E-state index is 12.5. The third-order valence-electron chi connectivity index (χ3n) is 3.47. The van der Waals surface area contributed by atoms with E-state index in [-0.39, 0.29) is 55.2 Å². The largest absolute Gasteiger partial charge is 0.396 e. The Labute approximate surface area is 151 Å². The molecule has 1 aliphatic heterocycles. The fraction of sp³-hybridized carbons (Fsp3) is 0.692. The van der Waals surface area contributed by atoms with Crippen molar-refractivity contribution in [2.75, 3.05) is 42.6 Å². The third-order valence-corrected chi connectivity index (χ3v) is 3.47. The van der Waals surface area contributed by atoms with E-state index in [2.05, 4.69) is 4.98 Å². The summed E-state index contributed by atoms with van der Waals surface area (Å²) < 4.78 is 6.69. The minimum absolute atomic E-state index is 0. The van der Waals surface area contributed by atoms with Gasteiger partial charge in [-0.2, -0.15) is 4.98 Å². The summed E-state index contributed by atoms with van der Waals surface area (Å²) in [5, 5.41) is 18.3. The molecule has 0 spiro atoms. The summed E-state index contributed by atoms with van der Waals surface area (Å²) >= 11 is 0. The Hall–Kier alpha value is -1.11. The van der Waals surface area contributed by atoms with Crippen molar-refractivity contribution in [1.82, 2.24) is 9.55 Å². The van der Waals surface area contributed by atoms with Crippen LogP contribution >= 0.6 is 24.0 Å². The van der Waals surface area contributed by atoms with Gasteiger partial charge in [-0.05, 0) is 6.42 Å². The Morgan fingerprint density at radius 1 is 1.48 bits per heavy atom. The standard InChI is InChI=1S/C13H23N5O4.HI/c1-3-5-18-12(21)10-11(15-13(18)14)17(7-16(10)2)8-22-9(20)4-6-19;/h9,19-20H,3-8H2,1-2H3,(H2,14,15);1H. The third kappa shape index (κ3) is 4.25. The van der Waals surface area contributed by atoms with E-state index in [0.717, 1.165) is 6.42 Å². The highest BCUT2D eigenvalue weighted by atomic mass is 127. The van der Waals surface area contributed by atoms with Gasteiger partial charge in [-0.15, -0.1) is 24.0 Å². The lowest BCUT2D eigenvalue weighted by Crippen LogP contribution is -2.33. The van der Waals surface area contributed by atoms with Crippen LogP contribution in [0.4, 0.5) is 17.5 Å². The number of aromatic nitrogens is 2. The van der Waals surface area contributed by atoms with E-state index in [9.17, 15) is 9.90 Å². The van der Waals surface area contributed by atoms with Gasteiger partial charge in [0.15, 0.2) is 12.1 Å². The summed E-state index contributed by atoms with van der Waals surface area (Å²) in [4.78, 5) is 20.3. The van der Waals surface area contributed by atoms with Crippen molar-refractivity contribution >= 4 is 41.4 Å². The van der Waals surface area contributed by atoms with Gasteiger partial charge >= 0.3 is 0 Å². The Balaban J connectivity index is 0.00000264. The van der Waals surface area contributed by atoms with Crippen molar-refractivity contribution in [3.05, 3.63) is 10.4 Å². The number of aliphatic hydroxyl groups excluding tert-OH is 2. The number of nitrogen functional groups attached to an aromatic ring is 1. The fourth-order valence-electron chi connectivity index (χ4n) is 2.41. The number of nitrogens with two attached hydrogens (primary N) is 1. The normalized spacial score (nSPS) is 14.6. The molecular weight excluding hydrogens is 417 g/mol. The molecule has 0 bridgehead atoms. The molecule has 10 heteroatoms. The number of nitrogens with zero attached hydrogens (tertiary/aromatic N) is 4. The lowest BCUT2D eigenvalue weighted by atomic mass is 10.4. The first-order valence-corrected chi connectivity index (χ1v) is 7.26. The molecule has 2 rings (SSSR count). The van der Waals surface area contributed by atoms with Crippen LogP contribution in [0.2, 0.25) is 0 Å². The number of anilines is 3. The van der Waals surface area contributed by atoms with Crippen LogP contribution < -0.4 is 21.1 Å². The van der Waals surface area contributed by atoms with Crippen molar-refractivity contribution in [3.63, 3.8) is 0 Å². The highest BCUT2D eigenvalue weighted by Gasteiger charge is 2.30. The zero-order chi connectivity index (χ0) is 16.3. The molecule has 9 nitrogen and oxygen atoms in total. The molecule has 0 saturated carbocycles. The monoisotopic (exact) mass is 441 g/mol. The molecule has 0 radical (unpaired) electrons. The predicted octanol–water partition coefficient (Wildman–Crippen LogP) is -0.258. The highest BCUT2D eigenvalue weighted by Crippen LogP contribution is 2.30. The van der Waals surface area contributed by atoms with E-state index in [1.165, 1.54) is 4.57 Å². The molecule has 1 aliphatic rings. The van der Waals surface area contributed by atoms with Crippen LogP contribution in [0.1, 0.15) is 19.8 Å². The molecule has 23 heavy (non-hydrogen) atoms. The van der Waals surface area contributed by atoms with Gasteiger partial charge < -0.3 is 30.5 Å². The van der Waals surface area contributed by atoms with Gasteiger partial charge in [-0.25, -0.2) is 0 Å². The molecule has 0 aliphatic carbocycles. The minimum Gasteiger partial charge on any atom is -0.396 e. The minimum atomic E-state index is -1.06. The first-order chi connectivity index (χ1) is 10.5. The molecule has 132 valence electrons. The van der Waals surface area contributed by atoms with Crippen molar-refractivity contribution in [2.24, 2.45) is 0 Å². The molecule has 0 fully saturated rings. The van der Waals surface area contributed by atoms with Crippen molar-refractivity contribution in [2.45, 2.75) is 32.6 Å². The van der Waals surface area contributed by atoms with Gasteiger partial charge in [0.25, 0.3) is 5.56 Å². The summed E-state index contributed by atoms with van der Waals surface area (Å²) in [6, 6.07) is 0. The molecule has 1 atom stereocenters. The zero-order valence-electron chi connectivity index (χ0n) is 13.3. The molecule has 2 heterocycles. The van der Waals surface area contributed by atoms with Gasteiger partial charge in [0.1, 0.15) is 12.4 Å². The molecule has 1 aromatic rings. The van der Waals surface area contributed by atoms with Crippen LogP contribution in [0, 0.1) is 0 Å². The molecule has 0 saturated heterocycles. The second kappa shape index (κ2) is 8.66. The van der Waals surface area contributed by atoms with Crippen LogP contribution in [-0.4, -0.2) is 53.1 Å². The Kier molecular flexibility index (Phi) is 7.51. The Bertz CT molecular complexity index is 582. The number of halogens is 1. The second-order valence-electron chi connectivity index (χ2n) is 5.24. The molecular formula is C13H24IN5O4. The van der Waals surface area contributed by atoms with E-state index in [1.807, 2.05) is 6.92 Å². The average Bonchev–Trinajstić information content (AvgIpc) is 2.77. The van der Waals surface area contributed by atoms with E-state index in [4.69, 9.17) is 15.6 Å². The van der Waals surface area contributed by atoms with E-state index < -0.39 is 6.29 Å². The number of rotatable bonds is 7. The summed E-state index contributed by atoms with van der Waals surface area (Å²) in [6.07, 6.45) is -0.143. The second-order valence-corrected chi connectivity index (χ2v) is 5.24. The highest BCUT2D eigenvalue weighted by molar-refractivity contribution is 14.0. The smallest absolute Gasteiger partial charge is 0.280 e. The zero-order valence-corrected chi connectivity index (χ0v) is 15.6. The number of hydrogen-bond donors (Lipinski definition) is 3. The van der Waals surface area contributed by atoms with Crippen molar-refractivity contribution in [1.29, 1.82) is 0 Å². The summed E-state index contributed by atoms with van der Waals surface area (Å²) in [7, 11) is 1.79. The maximum atomic E-state index is 12.5. The summed E-state index contributed by atoms with van der Waals surface area (Å²) in [5.41, 5.74) is 6.17. The van der Waals surface area contributed by atoms with Gasteiger partial charge in [-0.3, -0.25) is 9.36 Å². The van der Waals surface area contributed by atoms with Gasteiger partial charge in [0, 0.05) is 26.6 Å². The lowest BCUT2D eigenvalue weighted by Gasteiger charge is -2.20. The molecule has 0 amide bonds. The van der Waals surface area contributed by atoms with E-state index in [1.54, 1.807) is 16.8 Å². The van der Waals surface area contributed by atoms with E-state index >= 15 is 0 Å². The number of fused-ring (bicyclic) bond motifs is 1. The van der Waals surface area contributed by atoms with Gasteiger partial charge in [0.2, 0.25) is 5.95 Å². The van der Waals surface area contributed by atoms with Crippen LogP contribution in [0.15, 0.2) is 4.79 Å². The summed E-state index contributed by atoms with van der Waals surface area (Å²) in [6.45, 7) is 2.79. The topological polar surface area (TPSA) is 117 Å². The van der Waals surface area contributed by atoms with Gasteiger partial charge in [-0.1, -0.05) is 6.92 Å². The first kappa shape index (κ1) is 19.9.